The Morgan fingerprint density at radius 1 is 1.35 bits per heavy atom. The minimum Gasteiger partial charge on any atom is -0.426 e. The molecular formula is C17H22O3. The zero-order chi connectivity index (χ0) is 14.9. The number of carbonyl (C=O) groups is 2. The number of aldehydes is 1. The number of esters is 1. The largest absolute Gasteiger partial charge is 0.426 e. The fourth-order valence-electron chi connectivity index (χ4n) is 2.70. The summed E-state index contributed by atoms with van der Waals surface area (Å²) in [6.45, 7) is 8.00. The van der Waals surface area contributed by atoms with Crippen molar-refractivity contribution in [1.82, 2.24) is 0 Å². The number of carbonyl (C=O) groups excluding carboxylic acids is 2. The van der Waals surface area contributed by atoms with Gasteiger partial charge in [0.15, 0.2) is 0 Å². The Morgan fingerprint density at radius 3 is 2.55 bits per heavy atom. The highest BCUT2D eigenvalue weighted by Gasteiger charge is 2.34. The Bertz CT molecular complexity index is 539. The molecule has 1 saturated carbocycles. The van der Waals surface area contributed by atoms with Gasteiger partial charge < -0.3 is 9.53 Å². The van der Waals surface area contributed by atoms with E-state index in [0.717, 1.165) is 35.8 Å². The summed E-state index contributed by atoms with van der Waals surface area (Å²) < 4.78 is 5.61. The van der Waals surface area contributed by atoms with Gasteiger partial charge in [0.25, 0.3) is 0 Å². The van der Waals surface area contributed by atoms with E-state index in [1.165, 1.54) is 0 Å². The third kappa shape index (κ3) is 3.09. The van der Waals surface area contributed by atoms with Gasteiger partial charge in [-0.3, -0.25) is 4.79 Å². The van der Waals surface area contributed by atoms with Crippen LogP contribution in [0.1, 0.15) is 49.8 Å². The van der Waals surface area contributed by atoms with E-state index in [2.05, 4.69) is 6.07 Å². The minimum atomic E-state index is -0.335. The standard InChI is InChI=1S/C17H22O3/c1-11-9-12(2)15(17(3,4)7-8-18)14(10-11)20-16(19)13-5-6-13/h8-10,13H,5-7H2,1-4H3. The molecule has 1 aromatic carbocycles. The maximum Gasteiger partial charge on any atom is 0.314 e. The maximum atomic E-state index is 11.9. The molecule has 1 aromatic rings. The van der Waals surface area contributed by atoms with Crippen LogP contribution >= 0.6 is 0 Å². The maximum absolute atomic E-state index is 11.9. The van der Waals surface area contributed by atoms with E-state index in [9.17, 15) is 9.59 Å². The van der Waals surface area contributed by atoms with Gasteiger partial charge in [0.2, 0.25) is 0 Å². The molecule has 2 rings (SSSR count). The molecule has 108 valence electrons. The molecule has 0 aromatic heterocycles. The molecule has 0 bridgehead atoms. The van der Waals surface area contributed by atoms with Crippen molar-refractivity contribution in [3.8, 4) is 5.75 Å². The molecule has 20 heavy (non-hydrogen) atoms. The molecule has 1 aliphatic carbocycles. The SMILES string of the molecule is Cc1cc(C)c(C(C)(C)CC=O)c(OC(=O)C2CC2)c1. The van der Waals surface area contributed by atoms with Crippen molar-refractivity contribution >= 4 is 12.3 Å². The molecule has 3 heteroatoms. The molecule has 0 saturated heterocycles. The van der Waals surface area contributed by atoms with E-state index in [1.807, 2.05) is 33.8 Å². The van der Waals surface area contributed by atoms with E-state index in [4.69, 9.17) is 4.74 Å². The number of ether oxygens (including phenoxy) is 1. The summed E-state index contributed by atoms with van der Waals surface area (Å²) in [4.78, 5) is 22.9. The van der Waals surface area contributed by atoms with Crippen LogP contribution in [0.15, 0.2) is 12.1 Å². The highest BCUT2D eigenvalue weighted by Crippen LogP contribution is 2.39. The van der Waals surface area contributed by atoms with Gasteiger partial charge in [-0.2, -0.15) is 0 Å². The van der Waals surface area contributed by atoms with Crippen LogP contribution < -0.4 is 4.74 Å². The van der Waals surface area contributed by atoms with Gasteiger partial charge in [-0.15, -0.1) is 0 Å². The van der Waals surface area contributed by atoms with Crippen LogP contribution in [0, 0.1) is 19.8 Å². The van der Waals surface area contributed by atoms with E-state index in [0.29, 0.717) is 12.2 Å². The molecule has 0 heterocycles. The van der Waals surface area contributed by atoms with Gasteiger partial charge in [-0.05, 0) is 43.9 Å². The summed E-state index contributed by atoms with van der Waals surface area (Å²) in [7, 11) is 0. The number of benzene rings is 1. The lowest BCUT2D eigenvalue weighted by Gasteiger charge is -2.27. The van der Waals surface area contributed by atoms with Crippen LogP contribution in [-0.4, -0.2) is 12.3 Å². The summed E-state index contributed by atoms with van der Waals surface area (Å²) in [5.41, 5.74) is 2.75. The summed E-state index contributed by atoms with van der Waals surface area (Å²) in [6, 6.07) is 3.96. The van der Waals surface area contributed by atoms with Crippen molar-refractivity contribution in [3.05, 3.63) is 28.8 Å². The lowest BCUT2D eigenvalue weighted by molar-refractivity contribution is -0.135. The van der Waals surface area contributed by atoms with Crippen LogP contribution in [0.5, 0.6) is 5.75 Å². The number of hydrogen-bond donors (Lipinski definition) is 0. The first kappa shape index (κ1) is 14.8. The second-order valence-electron chi connectivity index (χ2n) is 6.41. The minimum absolute atomic E-state index is 0.0675. The molecule has 0 aliphatic heterocycles. The monoisotopic (exact) mass is 274 g/mol. The van der Waals surface area contributed by atoms with Crippen molar-refractivity contribution in [3.63, 3.8) is 0 Å². The smallest absolute Gasteiger partial charge is 0.314 e. The summed E-state index contributed by atoms with van der Waals surface area (Å²) >= 11 is 0. The quantitative estimate of drug-likeness (QED) is 0.469. The van der Waals surface area contributed by atoms with Crippen molar-refractivity contribution in [2.75, 3.05) is 0 Å². The van der Waals surface area contributed by atoms with E-state index >= 15 is 0 Å². The molecule has 1 fully saturated rings. The van der Waals surface area contributed by atoms with Crippen LogP contribution in [-0.2, 0) is 15.0 Å². The van der Waals surface area contributed by atoms with Crippen LogP contribution in [0.25, 0.3) is 0 Å². The van der Waals surface area contributed by atoms with Gasteiger partial charge in [0.05, 0.1) is 5.92 Å². The van der Waals surface area contributed by atoms with Crippen LogP contribution in [0.4, 0.5) is 0 Å². The Balaban J connectivity index is 2.42. The molecule has 0 unspecified atom stereocenters. The van der Waals surface area contributed by atoms with E-state index in [1.54, 1.807) is 0 Å². The molecule has 1 aliphatic rings. The van der Waals surface area contributed by atoms with Crippen molar-refractivity contribution in [1.29, 1.82) is 0 Å². The molecule has 3 nitrogen and oxygen atoms in total. The molecule has 0 amide bonds. The Kier molecular flexibility index (Phi) is 3.98. The summed E-state index contributed by atoms with van der Waals surface area (Å²) in [5, 5.41) is 0. The van der Waals surface area contributed by atoms with E-state index in [-0.39, 0.29) is 17.3 Å². The third-order valence-corrected chi connectivity index (χ3v) is 3.84. The first-order valence-electron chi connectivity index (χ1n) is 7.12. The Labute approximate surface area is 120 Å². The number of rotatable bonds is 5. The second-order valence-corrected chi connectivity index (χ2v) is 6.41. The van der Waals surface area contributed by atoms with Crippen molar-refractivity contribution in [2.24, 2.45) is 5.92 Å². The Hall–Kier alpha value is -1.64. The highest BCUT2D eigenvalue weighted by atomic mass is 16.5. The van der Waals surface area contributed by atoms with Crippen LogP contribution in [0.3, 0.4) is 0 Å². The number of aryl methyl sites for hydroxylation is 2. The summed E-state index contributed by atoms with van der Waals surface area (Å²) in [6.07, 6.45) is 3.18. The first-order chi connectivity index (χ1) is 9.35. The average molecular weight is 274 g/mol. The topological polar surface area (TPSA) is 43.4 Å². The zero-order valence-corrected chi connectivity index (χ0v) is 12.7. The highest BCUT2D eigenvalue weighted by molar-refractivity contribution is 5.78. The number of hydrogen-bond acceptors (Lipinski definition) is 3. The van der Waals surface area contributed by atoms with Crippen molar-refractivity contribution < 1.29 is 14.3 Å². The normalized spacial score (nSPS) is 15.0. The van der Waals surface area contributed by atoms with Crippen molar-refractivity contribution in [2.45, 2.75) is 52.4 Å². The third-order valence-electron chi connectivity index (χ3n) is 3.84. The zero-order valence-electron chi connectivity index (χ0n) is 12.7. The molecule has 0 radical (unpaired) electrons. The van der Waals surface area contributed by atoms with Gasteiger partial charge in [-0.25, -0.2) is 0 Å². The molecular weight excluding hydrogens is 252 g/mol. The van der Waals surface area contributed by atoms with Gasteiger partial charge in [-0.1, -0.05) is 19.9 Å². The van der Waals surface area contributed by atoms with E-state index < -0.39 is 0 Å². The summed E-state index contributed by atoms with van der Waals surface area (Å²) in [5.74, 6) is 0.544. The fraction of sp³-hybridized carbons (Fsp3) is 0.529. The van der Waals surface area contributed by atoms with Gasteiger partial charge in [0, 0.05) is 17.4 Å². The lowest BCUT2D eigenvalue weighted by Crippen LogP contribution is -2.22. The fourth-order valence-corrected chi connectivity index (χ4v) is 2.70. The molecule has 0 spiro atoms. The lowest BCUT2D eigenvalue weighted by atomic mass is 9.78. The Morgan fingerprint density at radius 2 is 2.00 bits per heavy atom. The average Bonchev–Trinajstić information content (AvgIpc) is 3.10. The van der Waals surface area contributed by atoms with Gasteiger partial charge >= 0.3 is 5.97 Å². The molecule has 0 atom stereocenters. The second kappa shape index (κ2) is 5.39. The van der Waals surface area contributed by atoms with Gasteiger partial charge in [0.1, 0.15) is 12.0 Å². The predicted octanol–water partition coefficient (Wildman–Crippen LogP) is 3.49. The van der Waals surface area contributed by atoms with Crippen LogP contribution in [0.2, 0.25) is 0 Å². The predicted molar refractivity (Wildman–Crippen MR) is 78.0 cm³/mol. The first-order valence-corrected chi connectivity index (χ1v) is 7.12. The molecule has 0 N–H and O–H groups in total.